The van der Waals surface area contributed by atoms with Gasteiger partial charge in [-0.2, -0.15) is 0 Å². The van der Waals surface area contributed by atoms with E-state index in [1.165, 1.54) is 0 Å². The Hall–Kier alpha value is -2.50. The molecule has 0 aliphatic carbocycles. The van der Waals surface area contributed by atoms with Crippen molar-refractivity contribution in [3.63, 3.8) is 0 Å². The Bertz CT molecular complexity index is 452. The van der Waals surface area contributed by atoms with Crippen molar-refractivity contribution >= 4 is 5.69 Å². The molecule has 0 aromatic heterocycles. The second-order valence-corrected chi connectivity index (χ2v) is 3.25. The maximum Gasteiger partial charge on any atom is 0.148 e. The van der Waals surface area contributed by atoms with E-state index in [9.17, 15) is 0 Å². The molecule has 0 radical (unpaired) electrons. The Kier molecular flexibility index (Phi) is 5.09. The molecule has 0 aliphatic heterocycles. The van der Waals surface area contributed by atoms with E-state index in [1.54, 1.807) is 0 Å². The molecule has 1 aromatic rings. The lowest BCUT2D eigenvalue weighted by Crippen LogP contribution is -2.23. The molecular weight excluding hydrogens is 210 g/mol. The van der Waals surface area contributed by atoms with Crippen molar-refractivity contribution in [2.45, 2.75) is 0 Å². The van der Waals surface area contributed by atoms with Gasteiger partial charge in [0.15, 0.2) is 0 Å². The van der Waals surface area contributed by atoms with E-state index in [0.717, 1.165) is 11.4 Å². The van der Waals surface area contributed by atoms with Crippen LogP contribution in [0, 0.1) is 37.0 Å². The average molecular weight is 223 g/mol. The first-order valence-corrected chi connectivity index (χ1v) is 5.10. The van der Waals surface area contributed by atoms with Gasteiger partial charge in [-0.05, 0) is 24.3 Å². The summed E-state index contributed by atoms with van der Waals surface area (Å²) >= 11 is 0. The van der Waals surface area contributed by atoms with E-state index < -0.39 is 0 Å². The van der Waals surface area contributed by atoms with Gasteiger partial charge in [-0.15, -0.1) is 19.3 Å². The molecule has 17 heavy (non-hydrogen) atoms. The Morgan fingerprint density at radius 2 is 1.53 bits per heavy atom. The number of hydrogen-bond acceptors (Lipinski definition) is 2. The predicted molar refractivity (Wildman–Crippen MR) is 70.6 cm³/mol. The summed E-state index contributed by atoms with van der Waals surface area (Å²) < 4.78 is 5.27. The van der Waals surface area contributed by atoms with Crippen LogP contribution in [0.25, 0.3) is 0 Å². The number of nitrogens with zero attached hydrogens (tertiary/aromatic N) is 1. The van der Waals surface area contributed by atoms with E-state index in [0.29, 0.717) is 13.1 Å². The molecule has 0 N–H and O–H groups in total. The SMILES string of the molecule is C#CCOc1ccc(N(CC#C)CC#C)cc1. The van der Waals surface area contributed by atoms with Gasteiger partial charge >= 0.3 is 0 Å². The van der Waals surface area contributed by atoms with Crippen LogP contribution in [0.3, 0.4) is 0 Å². The first kappa shape index (κ1) is 12.6. The maximum atomic E-state index is 5.29. The van der Waals surface area contributed by atoms with E-state index in [-0.39, 0.29) is 6.61 Å². The first-order valence-electron chi connectivity index (χ1n) is 5.10. The molecule has 0 saturated carbocycles. The number of benzene rings is 1. The summed E-state index contributed by atoms with van der Waals surface area (Å²) in [4.78, 5) is 1.92. The van der Waals surface area contributed by atoms with Crippen molar-refractivity contribution in [1.82, 2.24) is 0 Å². The van der Waals surface area contributed by atoms with Crippen LogP contribution in [-0.4, -0.2) is 19.7 Å². The van der Waals surface area contributed by atoms with E-state index in [1.807, 2.05) is 29.2 Å². The van der Waals surface area contributed by atoms with Gasteiger partial charge in [0.05, 0.1) is 13.1 Å². The second kappa shape index (κ2) is 6.89. The molecule has 0 atom stereocenters. The maximum absolute atomic E-state index is 5.29. The third-order valence-corrected chi connectivity index (χ3v) is 2.09. The molecule has 0 unspecified atom stereocenters. The molecule has 2 nitrogen and oxygen atoms in total. The zero-order valence-electron chi connectivity index (χ0n) is 9.52. The highest BCUT2D eigenvalue weighted by Crippen LogP contribution is 2.18. The zero-order chi connectivity index (χ0) is 12.5. The van der Waals surface area contributed by atoms with Crippen LogP contribution in [0.1, 0.15) is 0 Å². The van der Waals surface area contributed by atoms with Gasteiger partial charge in [0.1, 0.15) is 12.4 Å². The van der Waals surface area contributed by atoms with Crippen LogP contribution >= 0.6 is 0 Å². The molecule has 0 fully saturated rings. The normalized spacial score (nSPS) is 8.53. The third-order valence-electron chi connectivity index (χ3n) is 2.09. The quantitative estimate of drug-likeness (QED) is 0.705. The molecule has 0 saturated heterocycles. The van der Waals surface area contributed by atoms with E-state index >= 15 is 0 Å². The highest BCUT2D eigenvalue weighted by Gasteiger charge is 2.03. The van der Waals surface area contributed by atoms with Crippen LogP contribution in [0.15, 0.2) is 24.3 Å². The zero-order valence-corrected chi connectivity index (χ0v) is 9.52. The van der Waals surface area contributed by atoms with Crippen molar-refractivity contribution in [1.29, 1.82) is 0 Å². The summed E-state index contributed by atoms with van der Waals surface area (Å²) in [5.41, 5.74) is 0.967. The van der Waals surface area contributed by atoms with Crippen molar-refractivity contribution in [2.24, 2.45) is 0 Å². The molecule has 84 valence electrons. The van der Waals surface area contributed by atoms with E-state index in [2.05, 4.69) is 17.8 Å². The summed E-state index contributed by atoms with van der Waals surface area (Å²) in [6.45, 7) is 1.22. The number of ether oxygens (including phenoxy) is 1. The lowest BCUT2D eigenvalue weighted by atomic mass is 10.2. The first-order chi connectivity index (χ1) is 8.31. The number of terminal acetylenes is 3. The van der Waals surface area contributed by atoms with Gasteiger partial charge < -0.3 is 9.64 Å². The van der Waals surface area contributed by atoms with Crippen LogP contribution in [-0.2, 0) is 0 Å². The number of hydrogen-bond donors (Lipinski definition) is 0. The molecule has 0 amide bonds. The summed E-state index contributed by atoms with van der Waals surface area (Å²) in [5.74, 6) is 8.28. The average Bonchev–Trinajstić information content (AvgIpc) is 2.37. The topological polar surface area (TPSA) is 12.5 Å². The highest BCUT2D eigenvalue weighted by molar-refractivity contribution is 5.51. The Morgan fingerprint density at radius 3 is 2.00 bits per heavy atom. The lowest BCUT2D eigenvalue weighted by Gasteiger charge is -2.19. The molecule has 0 spiro atoms. The molecule has 0 bridgehead atoms. The molecule has 1 aromatic carbocycles. The van der Waals surface area contributed by atoms with Gasteiger partial charge in [0.25, 0.3) is 0 Å². The molecule has 2 heteroatoms. The molecule has 0 aliphatic rings. The van der Waals surface area contributed by atoms with Gasteiger partial charge in [0, 0.05) is 5.69 Å². The minimum absolute atomic E-state index is 0.262. The van der Waals surface area contributed by atoms with E-state index in [4.69, 9.17) is 24.0 Å². The number of anilines is 1. The van der Waals surface area contributed by atoms with Crippen LogP contribution in [0.4, 0.5) is 5.69 Å². The lowest BCUT2D eigenvalue weighted by molar-refractivity contribution is 0.370. The second-order valence-electron chi connectivity index (χ2n) is 3.25. The fourth-order valence-electron chi connectivity index (χ4n) is 1.34. The van der Waals surface area contributed by atoms with Crippen molar-refractivity contribution in [3.8, 4) is 42.8 Å². The van der Waals surface area contributed by atoms with Crippen LogP contribution in [0.2, 0.25) is 0 Å². The summed E-state index contributed by atoms with van der Waals surface area (Å²) in [7, 11) is 0. The smallest absolute Gasteiger partial charge is 0.148 e. The summed E-state index contributed by atoms with van der Waals surface area (Å²) in [5, 5.41) is 0. The van der Waals surface area contributed by atoms with Gasteiger partial charge in [-0.25, -0.2) is 0 Å². The Labute approximate surface area is 103 Å². The summed E-state index contributed by atoms with van der Waals surface area (Å²) in [6.07, 6.45) is 15.7. The fourth-order valence-corrected chi connectivity index (χ4v) is 1.34. The molecule has 0 heterocycles. The number of rotatable bonds is 5. The minimum atomic E-state index is 0.262. The minimum Gasteiger partial charge on any atom is -0.481 e. The van der Waals surface area contributed by atoms with Crippen molar-refractivity contribution in [2.75, 3.05) is 24.6 Å². The standard InChI is InChI=1S/C15H13NO/c1-4-11-16(12-5-2)14-7-9-15(10-8-14)17-13-6-3/h1-3,7-10H,11-13H2. The summed E-state index contributed by atoms with van der Waals surface area (Å²) in [6, 6.07) is 7.49. The monoisotopic (exact) mass is 223 g/mol. The van der Waals surface area contributed by atoms with Gasteiger partial charge in [-0.1, -0.05) is 17.8 Å². The van der Waals surface area contributed by atoms with Crippen molar-refractivity contribution < 1.29 is 4.74 Å². The third kappa shape index (κ3) is 3.86. The van der Waals surface area contributed by atoms with Gasteiger partial charge in [0.2, 0.25) is 0 Å². The molecular formula is C15H13NO. The largest absolute Gasteiger partial charge is 0.481 e. The predicted octanol–water partition coefficient (Wildman–Crippen LogP) is 1.77. The Morgan fingerprint density at radius 1 is 0.941 bits per heavy atom. The van der Waals surface area contributed by atoms with Crippen molar-refractivity contribution in [3.05, 3.63) is 24.3 Å². The van der Waals surface area contributed by atoms with Crippen LogP contribution < -0.4 is 9.64 Å². The van der Waals surface area contributed by atoms with Crippen LogP contribution in [0.5, 0.6) is 5.75 Å². The Balaban J connectivity index is 2.75. The fraction of sp³-hybridized carbons (Fsp3) is 0.200. The van der Waals surface area contributed by atoms with Gasteiger partial charge in [-0.3, -0.25) is 0 Å². The highest BCUT2D eigenvalue weighted by atomic mass is 16.5. The molecule has 1 rings (SSSR count).